The first-order valence-electron chi connectivity index (χ1n) is 9.35. The molecule has 0 saturated carbocycles. The molecule has 1 saturated heterocycles. The maximum absolute atomic E-state index is 12.9. The highest BCUT2D eigenvalue weighted by Crippen LogP contribution is 2.32. The van der Waals surface area contributed by atoms with Gasteiger partial charge in [-0.3, -0.25) is 34.2 Å². The van der Waals surface area contributed by atoms with E-state index in [1.807, 2.05) is 0 Å². The number of anilines is 1. The molecule has 10 heteroatoms. The van der Waals surface area contributed by atoms with E-state index in [1.54, 1.807) is 12.1 Å². The van der Waals surface area contributed by atoms with Crippen molar-refractivity contribution in [3.05, 3.63) is 29.3 Å². The lowest BCUT2D eigenvalue weighted by Crippen LogP contribution is -2.54. The Bertz CT molecular complexity index is 872. The molecule has 154 valence electrons. The Hall–Kier alpha value is -2.75. The molecule has 5 amide bonds. The number of hydrogen-bond donors (Lipinski definition) is 3. The number of nitrogens with zero attached hydrogens (tertiary/aromatic N) is 1. The van der Waals surface area contributed by atoms with E-state index < -0.39 is 29.7 Å². The molecule has 2 aliphatic rings. The van der Waals surface area contributed by atoms with Crippen LogP contribution in [0.25, 0.3) is 0 Å². The number of amides is 5. The zero-order chi connectivity index (χ0) is 21.0. The summed E-state index contributed by atoms with van der Waals surface area (Å²) >= 11 is 3.33. The summed E-state index contributed by atoms with van der Waals surface area (Å²) < 4.78 is 0. The van der Waals surface area contributed by atoms with Crippen LogP contribution < -0.4 is 16.0 Å². The molecule has 0 aromatic heterocycles. The van der Waals surface area contributed by atoms with Crippen LogP contribution >= 0.6 is 15.9 Å². The molecule has 1 unspecified atom stereocenters. The fourth-order valence-corrected chi connectivity index (χ4v) is 3.74. The van der Waals surface area contributed by atoms with Crippen molar-refractivity contribution in [2.24, 2.45) is 0 Å². The van der Waals surface area contributed by atoms with Crippen LogP contribution in [0.4, 0.5) is 5.69 Å². The molecule has 3 N–H and O–H groups in total. The minimum absolute atomic E-state index is 0.0509. The van der Waals surface area contributed by atoms with Crippen LogP contribution in [0.1, 0.15) is 46.4 Å². The van der Waals surface area contributed by atoms with Gasteiger partial charge in [-0.1, -0.05) is 22.0 Å². The summed E-state index contributed by atoms with van der Waals surface area (Å²) in [5, 5.41) is 8.71. The number of carbonyl (C=O) groups excluding carboxylic acids is 5. The lowest BCUT2D eigenvalue weighted by Gasteiger charge is -2.27. The first-order chi connectivity index (χ1) is 13.9. The van der Waals surface area contributed by atoms with Gasteiger partial charge in [0.2, 0.25) is 17.7 Å². The van der Waals surface area contributed by atoms with Gasteiger partial charge in [-0.2, -0.15) is 0 Å². The van der Waals surface area contributed by atoms with E-state index in [0.29, 0.717) is 12.2 Å². The van der Waals surface area contributed by atoms with Crippen molar-refractivity contribution in [1.29, 1.82) is 0 Å². The summed E-state index contributed by atoms with van der Waals surface area (Å²) in [6.07, 6.45) is 1.96. The number of fused-ring (bicyclic) bond motifs is 1. The predicted octanol–water partition coefficient (Wildman–Crippen LogP) is 0.791. The maximum atomic E-state index is 12.9. The highest BCUT2D eigenvalue weighted by atomic mass is 79.9. The Morgan fingerprint density at radius 3 is 2.69 bits per heavy atom. The molecule has 2 heterocycles. The number of benzene rings is 1. The van der Waals surface area contributed by atoms with Gasteiger partial charge in [0.05, 0.1) is 17.7 Å². The second-order valence-electron chi connectivity index (χ2n) is 6.77. The number of carbonyl (C=O) groups is 5. The molecule has 0 aliphatic carbocycles. The maximum Gasteiger partial charge on any atom is 0.264 e. The molecule has 2 aliphatic heterocycles. The van der Waals surface area contributed by atoms with E-state index in [2.05, 4.69) is 31.9 Å². The average molecular weight is 465 g/mol. The van der Waals surface area contributed by atoms with Crippen molar-refractivity contribution in [3.63, 3.8) is 0 Å². The zero-order valence-corrected chi connectivity index (χ0v) is 17.2. The van der Waals surface area contributed by atoms with Crippen molar-refractivity contribution in [2.45, 2.75) is 31.7 Å². The molecule has 9 nitrogen and oxygen atoms in total. The molecule has 0 radical (unpaired) electrons. The van der Waals surface area contributed by atoms with Gasteiger partial charge in [-0.25, -0.2) is 0 Å². The minimum atomic E-state index is -1.02. The summed E-state index contributed by atoms with van der Waals surface area (Å²) in [6.45, 7) is 0.504. The third-order valence-electron chi connectivity index (χ3n) is 4.79. The van der Waals surface area contributed by atoms with Crippen molar-refractivity contribution < 1.29 is 24.0 Å². The lowest BCUT2D eigenvalue weighted by molar-refractivity contribution is -0.136. The molecule has 1 fully saturated rings. The Morgan fingerprint density at radius 2 is 1.97 bits per heavy atom. The molecule has 1 aromatic rings. The smallest absolute Gasteiger partial charge is 0.264 e. The summed E-state index contributed by atoms with van der Waals surface area (Å²) in [4.78, 5) is 62.1. The number of halogens is 1. The quantitative estimate of drug-likeness (QED) is 0.296. The number of alkyl halides is 1. The normalized spacial score (nSPS) is 18.5. The molecular formula is C19H21BrN4O5. The zero-order valence-electron chi connectivity index (χ0n) is 15.6. The predicted molar refractivity (Wildman–Crippen MR) is 108 cm³/mol. The van der Waals surface area contributed by atoms with Gasteiger partial charge >= 0.3 is 0 Å². The standard InChI is InChI=1S/C19H21BrN4O5/c20-8-1-2-9-21-15(26)10-22-12-5-3-4-11-16(12)19(29)24(18(11)28)13-6-7-14(25)23-17(13)27/h3-5,13,22H,1-2,6-10H2,(H,21,26)(H,23,25,27). The molecular weight excluding hydrogens is 444 g/mol. The van der Waals surface area contributed by atoms with Gasteiger partial charge in [0.1, 0.15) is 6.04 Å². The molecule has 29 heavy (non-hydrogen) atoms. The van der Waals surface area contributed by atoms with E-state index >= 15 is 0 Å². The van der Waals surface area contributed by atoms with E-state index in [4.69, 9.17) is 0 Å². The Kier molecular flexibility index (Phi) is 6.63. The van der Waals surface area contributed by atoms with Crippen molar-refractivity contribution >= 4 is 51.2 Å². The number of imide groups is 2. The largest absolute Gasteiger partial charge is 0.375 e. The average Bonchev–Trinajstić information content (AvgIpc) is 2.95. The number of rotatable bonds is 8. The first-order valence-corrected chi connectivity index (χ1v) is 10.5. The lowest BCUT2D eigenvalue weighted by atomic mass is 10.0. The summed E-state index contributed by atoms with van der Waals surface area (Å²) in [5.41, 5.74) is 0.656. The van der Waals surface area contributed by atoms with Gasteiger partial charge in [0.25, 0.3) is 11.8 Å². The third-order valence-corrected chi connectivity index (χ3v) is 5.35. The Morgan fingerprint density at radius 1 is 1.17 bits per heavy atom. The van der Waals surface area contributed by atoms with Crippen LogP contribution in [0, 0.1) is 0 Å². The molecule has 0 bridgehead atoms. The number of nitrogens with one attached hydrogen (secondary N) is 3. The van der Waals surface area contributed by atoms with Crippen LogP contribution in [-0.4, -0.2) is 58.9 Å². The van der Waals surface area contributed by atoms with Gasteiger partial charge in [0, 0.05) is 24.0 Å². The van der Waals surface area contributed by atoms with E-state index in [1.165, 1.54) is 6.07 Å². The topological polar surface area (TPSA) is 125 Å². The van der Waals surface area contributed by atoms with Crippen molar-refractivity contribution in [3.8, 4) is 0 Å². The Labute approximate surface area is 175 Å². The van der Waals surface area contributed by atoms with Crippen LogP contribution in [0.5, 0.6) is 0 Å². The molecule has 0 spiro atoms. The van der Waals surface area contributed by atoms with Crippen molar-refractivity contribution in [1.82, 2.24) is 15.5 Å². The third kappa shape index (κ3) is 4.47. The SMILES string of the molecule is O=C(CNc1cccc2c1C(=O)N(C1CCC(=O)NC1=O)C2=O)NCCCCBr. The molecule has 3 rings (SSSR count). The highest BCUT2D eigenvalue weighted by Gasteiger charge is 2.45. The van der Waals surface area contributed by atoms with Crippen LogP contribution in [0.2, 0.25) is 0 Å². The summed E-state index contributed by atoms with van der Waals surface area (Å²) in [7, 11) is 0. The second-order valence-corrected chi connectivity index (χ2v) is 7.57. The number of hydrogen-bond acceptors (Lipinski definition) is 6. The molecule has 1 aromatic carbocycles. The van der Waals surface area contributed by atoms with E-state index in [-0.39, 0.29) is 36.4 Å². The summed E-state index contributed by atoms with van der Waals surface area (Å²) in [6, 6.07) is 3.70. The van der Waals surface area contributed by atoms with E-state index in [0.717, 1.165) is 23.1 Å². The van der Waals surface area contributed by atoms with Crippen LogP contribution in [-0.2, 0) is 14.4 Å². The fraction of sp³-hybridized carbons (Fsp3) is 0.421. The van der Waals surface area contributed by atoms with Crippen molar-refractivity contribution in [2.75, 3.05) is 23.7 Å². The Balaban J connectivity index is 1.71. The number of piperidine rings is 1. The van der Waals surface area contributed by atoms with E-state index in [9.17, 15) is 24.0 Å². The van der Waals surface area contributed by atoms with Crippen LogP contribution in [0.15, 0.2) is 18.2 Å². The summed E-state index contributed by atoms with van der Waals surface area (Å²) in [5.74, 6) is -2.50. The monoisotopic (exact) mass is 464 g/mol. The van der Waals surface area contributed by atoms with Crippen LogP contribution in [0.3, 0.4) is 0 Å². The van der Waals surface area contributed by atoms with Gasteiger partial charge in [-0.05, 0) is 31.4 Å². The molecule has 1 atom stereocenters. The first kappa shape index (κ1) is 21.0. The highest BCUT2D eigenvalue weighted by molar-refractivity contribution is 9.09. The minimum Gasteiger partial charge on any atom is -0.375 e. The number of unbranched alkanes of at least 4 members (excludes halogenated alkanes) is 1. The van der Waals surface area contributed by atoms with Gasteiger partial charge in [-0.15, -0.1) is 0 Å². The van der Waals surface area contributed by atoms with Gasteiger partial charge < -0.3 is 10.6 Å². The van der Waals surface area contributed by atoms with Gasteiger partial charge in [0.15, 0.2) is 0 Å². The second kappa shape index (κ2) is 9.17. The fourth-order valence-electron chi connectivity index (χ4n) is 3.35.